The Bertz CT molecular complexity index is 420. The van der Waals surface area contributed by atoms with Gasteiger partial charge in [-0.05, 0) is 18.6 Å². The van der Waals surface area contributed by atoms with Gasteiger partial charge in [0.1, 0.15) is 0 Å². The third-order valence-corrected chi connectivity index (χ3v) is 2.23. The molecule has 1 aromatic heterocycles. The molecular weight excluding hydrogens is 196 g/mol. The van der Waals surface area contributed by atoms with Crippen molar-refractivity contribution >= 4 is 11.7 Å². The molecule has 0 radical (unpaired) electrons. The summed E-state index contributed by atoms with van der Waals surface area (Å²) in [7, 11) is 0. The van der Waals surface area contributed by atoms with Gasteiger partial charge in [0.05, 0.1) is 6.26 Å². The van der Waals surface area contributed by atoms with E-state index >= 15 is 0 Å². The first-order valence-electron chi connectivity index (χ1n) is 4.54. The molecule has 2 N–H and O–H groups in total. The van der Waals surface area contributed by atoms with Gasteiger partial charge >= 0.3 is 0 Å². The Balaban J connectivity index is 2.18. The van der Waals surface area contributed by atoms with Crippen molar-refractivity contribution in [1.29, 1.82) is 0 Å². The van der Waals surface area contributed by atoms with Crippen molar-refractivity contribution in [2.75, 3.05) is 0 Å². The number of nitrogens with two attached hydrogens (primary N) is 1. The summed E-state index contributed by atoms with van der Waals surface area (Å²) in [4.78, 5) is 22.6. The van der Waals surface area contributed by atoms with Crippen molar-refractivity contribution in [1.82, 2.24) is 5.01 Å². The van der Waals surface area contributed by atoms with Crippen LogP contribution in [0.5, 0.6) is 0 Å². The monoisotopic (exact) mass is 206 g/mol. The van der Waals surface area contributed by atoms with E-state index < -0.39 is 0 Å². The van der Waals surface area contributed by atoms with Crippen molar-refractivity contribution in [3.63, 3.8) is 0 Å². The lowest BCUT2D eigenvalue weighted by atomic mass is 10.2. The molecule has 5 nitrogen and oxygen atoms in total. The number of furan rings is 1. The fraction of sp³-hybridized carbons (Fsp3) is 0.200. The predicted octanol–water partition coefficient (Wildman–Crippen LogP) is 0.842. The number of hydrogen-bond donors (Lipinski definition) is 1. The molecule has 5 heteroatoms. The number of amides is 1. The molecule has 0 aromatic carbocycles. The first-order valence-corrected chi connectivity index (χ1v) is 4.54. The largest absolute Gasteiger partial charge is 0.461 e. The number of carbonyl (C=O) groups excluding carboxylic acids is 2. The second-order valence-electron chi connectivity index (χ2n) is 3.24. The molecule has 0 unspecified atom stereocenters. The van der Waals surface area contributed by atoms with E-state index in [4.69, 9.17) is 10.3 Å². The molecular formula is C10H10N2O3. The molecule has 1 fully saturated rings. The summed E-state index contributed by atoms with van der Waals surface area (Å²) >= 11 is 0. The van der Waals surface area contributed by atoms with Gasteiger partial charge in [-0.1, -0.05) is 0 Å². The third-order valence-electron chi connectivity index (χ3n) is 2.23. The summed E-state index contributed by atoms with van der Waals surface area (Å²) in [6.07, 6.45) is 3.62. The van der Waals surface area contributed by atoms with E-state index in [1.165, 1.54) is 12.3 Å². The van der Waals surface area contributed by atoms with Crippen LogP contribution in [0.2, 0.25) is 0 Å². The van der Waals surface area contributed by atoms with Crippen LogP contribution in [-0.2, 0) is 4.79 Å². The second kappa shape index (κ2) is 3.70. The Morgan fingerprint density at radius 1 is 1.53 bits per heavy atom. The summed E-state index contributed by atoms with van der Waals surface area (Å²) in [5, 5.41) is 1.01. The summed E-state index contributed by atoms with van der Waals surface area (Å²) < 4.78 is 4.93. The van der Waals surface area contributed by atoms with E-state index in [0.717, 1.165) is 5.01 Å². The first-order chi connectivity index (χ1) is 7.18. The summed E-state index contributed by atoms with van der Waals surface area (Å²) in [5.74, 6) is 5.25. The number of hydrazine groups is 1. The molecule has 1 aliphatic rings. The molecule has 0 saturated carbocycles. The van der Waals surface area contributed by atoms with Crippen molar-refractivity contribution in [3.05, 3.63) is 35.9 Å². The first kappa shape index (κ1) is 9.67. The molecule has 0 bridgehead atoms. The van der Waals surface area contributed by atoms with Gasteiger partial charge in [-0.25, -0.2) is 5.84 Å². The highest BCUT2D eigenvalue weighted by molar-refractivity contribution is 6.03. The zero-order valence-electron chi connectivity index (χ0n) is 7.97. The fourth-order valence-electron chi connectivity index (χ4n) is 1.42. The van der Waals surface area contributed by atoms with Crippen molar-refractivity contribution in [2.45, 2.75) is 12.8 Å². The second-order valence-corrected chi connectivity index (χ2v) is 3.24. The minimum Gasteiger partial charge on any atom is -0.461 e. The summed E-state index contributed by atoms with van der Waals surface area (Å²) in [6, 6.07) is 3.20. The minimum atomic E-state index is -0.278. The molecule has 15 heavy (non-hydrogen) atoms. The highest BCUT2D eigenvalue weighted by atomic mass is 16.3. The van der Waals surface area contributed by atoms with Gasteiger partial charge in [-0.15, -0.1) is 0 Å². The van der Waals surface area contributed by atoms with Crippen LogP contribution >= 0.6 is 0 Å². The Morgan fingerprint density at radius 2 is 2.33 bits per heavy atom. The Hall–Kier alpha value is -1.88. The fourth-order valence-corrected chi connectivity index (χ4v) is 1.42. The molecule has 0 aliphatic carbocycles. The van der Waals surface area contributed by atoms with Crippen molar-refractivity contribution in [2.24, 2.45) is 5.84 Å². The van der Waals surface area contributed by atoms with Gasteiger partial charge in [-0.3, -0.25) is 14.6 Å². The maximum atomic E-state index is 11.6. The van der Waals surface area contributed by atoms with Crippen LogP contribution in [0.1, 0.15) is 23.4 Å². The quantitative estimate of drug-likeness (QED) is 0.336. The molecule has 1 aliphatic heterocycles. The summed E-state index contributed by atoms with van der Waals surface area (Å²) in [5.41, 5.74) is 0.529. The van der Waals surface area contributed by atoms with Gasteiger partial charge in [0.2, 0.25) is 11.7 Å². The van der Waals surface area contributed by atoms with Crippen LogP contribution in [0.25, 0.3) is 0 Å². The zero-order valence-corrected chi connectivity index (χ0v) is 7.97. The maximum absolute atomic E-state index is 11.6. The summed E-state index contributed by atoms with van der Waals surface area (Å²) in [6.45, 7) is 0. The Labute approximate surface area is 86.1 Å². The van der Waals surface area contributed by atoms with Gasteiger partial charge in [0, 0.05) is 18.2 Å². The topological polar surface area (TPSA) is 76.5 Å². The Kier molecular flexibility index (Phi) is 2.39. The van der Waals surface area contributed by atoms with E-state index in [1.807, 2.05) is 0 Å². The van der Waals surface area contributed by atoms with E-state index in [0.29, 0.717) is 18.5 Å². The molecule has 1 saturated heterocycles. The molecule has 0 spiro atoms. The van der Waals surface area contributed by atoms with E-state index in [-0.39, 0.29) is 17.5 Å². The third kappa shape index (κ3) is 1.82. The van der Waals surface area contributed by atoms with E-state index in [2.05, 4.69) is 0 Å². The van der Waals surface area contributed by atoms with E-state index in [9.17, 15) is 9.59 Å². The van der Waals surface area contributed by atoms with Crippen LogP contribution in [0.4, 0.5) is 0 Å². The number of carbonyl (C=O) groups is 2. The van der Waals surface area contributed by atoms with Gasteiger partial charge in [0.15, 0.2) is 5.76 Å². The zero-order chi connectivity index (χ0) is 10.8. The van der Waals surface area contributed by atoms with Crippen LogP contribution in [0.15, 0.2) is 34.6 Å². The molecule has 2 heterocycles. The van der Waals surface area contributed by atoms with Gasteiger partial charge < -0.3 is 4.42 Å². The van der Waals surface area contributed by atoms with Crippen LogP contribution in [0, 0.1) is 0 Å². The average molecular weight is 206 g/mol. The Morgan fingerprint density at radius 3 is 2.87 bits per heavy atom. The molecule has 78 valence electrons. The van der Waals surface area contributed by atoms with Crippen molar-refractivity contribution < 1.29 is 14.0 Å². The molecule has 1 amide bonds. The average Bonchev–Trinajstić information content (AvgIpc) is 2.83. The minimum absolute atomic E-state index is 0.173. The number of ketones is 1. The van der Waals surface area contributed by atoms with E-state index in [1.54, 1.807) is 12.1 Å². The standard InChI is InChI=1S/C10H10N2O3/c11-12-7(3-4-10(12)14)6-8(13)9-2-1-5-15-9/h1-2,5-6H,3-4,11H2/b7-6+. The lowest BCUT2D eigenvalue weighted by Gasteiger charge is -2.08. The predicted molar refractivity (Wildman–Crippen MR) is 51.4 cm³/mol. The lowest BCUT2D eigenvalue weighted by molar-refractivity contribution is -0.126. The highest BCUT2D eigenvalue weighted by Gasteiger charge is 2.23. The number of hydrogen-bond acceptors (Lipinski definition) is 4. The van der Waals surface area contributed by atoms with Crippen LogP contribution in [-0.4, -0.2) is 16.7 Å². The SMILES string of the molecule is NN1C(=O)CC/C1=C\C(=O)c1ccco1. The normalized spacial score (nSPS) is 18.9. The van der Waals surface area contributed by atoms with Crippen LogP contribution < -0.4 is 5.84 Å². The molecule has 1 aromatic rings. The lowest BCUT2D eigenvalue weighted by Crippen LogP contribution is -2.30. The molecule has 2 rings (SSSR count). The number of allylic oxidation sites excluding steroid dienone is 2. The number of nitrogens with zero attached hydrogens (tertiary/aromatic N) is 1. The maximum Gasteiger partial charge on any atom is 0.241 e. The van der Waals surface area contributed by atoms with Crippen molar-refractivity contribution in [3.8, 4) is 0 Å². The smallest absolute Gasteiger partial charge is 0.241 e. The van der Waals surface area contributed by atoms with Gasteiger partial charge in [-0.2, -0.15) is 0 Å². The number of rotatable bonds is 2. The van der Waals surface area contributed by atoms with Crippen LogP contribution in [0.3, 0.4) is 0 Å². The highest BCUT2D eigenvalue weighted by Crippen LogP contribution is 2.19. The molecule has 0 atom stereocenters. The van der Waals surface area contributed by atoms with Gasteiger partial charge in [0.25, 0.3) is 0 Å².